The highest BCUT2D eigenvalue weighted by molar-refractivity contribution is 9.10. The van der Waals surface area contributed by atoms with E-state index < -0.39 is 0 Å². The lowest BCUT2D eigenvalue weighted by molar-refractivity contribution is 0.355. The second kappa shape index (κ2) is 9.22. The minimum atomic E-state index is -0.190. The summed E-state index contributed by atoms with van der Waals surface area (Å²) in [5.74, 6) is 1.27. The maximum absolute atomic E-state index is 13.9. The zero-order chi connectivity index (χ0) is 24.8. The standard InChI is InChI=1S/C29H23BrN2O3S/c1-34-23-14-7-17(15-24(23)35-2)16-25-28(33)32-27(19-8-11-20(30)12-9-19)22-13-10-18-5-3-4-6-21(18)26(22)31-29(32)36-25/h3-9,11-12,14-16,27H,10,13H2,1-2H3/b25-16-/t27-/m0/s1. The van der Waals surface area contributed by atoms with Gasteiger partial charge in [0.2, 0.25) is 0 Å². The van der Waals surface area contributed by atoms with Crippen LogP contribution in [0, 0.1) is 0 Å². The highest BCUT2D eigenvalue weighted by Gasteiger charge is 2.32. The van der Waals surface area contributed by atoms with Crippen molar-refractivity contribution in [2.24, 2.45) is 4.99 Å². The molecule has 0 saturated carbocycles. The maximum atomic E-state index is 13.9. The molecule has 36 heavy (non-hydrogen) atoms. The second-order valence-electron chi connectivity index (χ2n) is 8.78. The van der Waals surface area contributed by atoms with Crippen molar-refractivity contribution < 1.29 is 9.47 Å². The molecule has 0 fully saturated rings. The number of halogens is 1. The number of benzene rings is 3. The maximum Gasteiger partial charge on any atom is 0.271 e. The Bertz CT molecular complexity index is 1700. The summed E-state index contributed by atoms with van der Waals surface area (Å²) in [5.41, 5.74) is 6.58. The third-order valence-corrected chi connectivity index (χ3v) is 8.28. The van der Waals surface area contributed by atoms with E-state index in [9.17, 15) is 4.79 Å². The van der Waals surface area contributed by atoms with Crippen molar-refractivity contribution in [1.29, 1.82) is 0 Å². The lowest BCUT2D eigenvalue weighted by Gasteiger charge is -2.30. The summed E-state index contributed by atoms with van der Waals surface area (Å²) in [7, 11) is 3.22. The second-order valence-corrected chi connectivity index (χ2v) is 10.7. The van der Waals surface area contributed by atoms with E-state index in [1.165, 1.54) is 28.0 Å². The molecule has 1 aliphatic carbocycles. The third-order valence-electron chi connectivity index (χ3n) is 6.76. The molecule has 6 rings (SSSR count). The van der Waals surface area contributed by atoms with E-state index in [4.69, 9.17) is 14.5 Å². The van der Waals surface area contributed by atoms with Crippen LogP contribution in [0.4, 0.5) is 0 Å². The van der Waals surface area contributed by atoms with Crippen LogP contribution in [0.1, 0.15) is 34.7 Å². The van der Waals surface area contributed by atoms with Gasteiger partial charge in [-0.2, -0.15) is 0 Å². The Morgan fingerprint density at radius 1 is 1.00 bits per heavy atom. The summed E-state index contributed by atoms with van der Waals surface area (Å²) in [6, 6.07) is 22.2. The molecule has 5 nitrogen and oxygen atoms in total. The van der Waals surface area contributed by atoms with Crippen LogP contribution >= 0.6 is 27.3 Å². The van der Waals surface area contributed by atoms with Crippen molar-refractivity contribution in [3.63, 3.8) is 0 Å². The van der Waals surface area contributed by atoms with Crippen molar-refractivity contribution in [2.75, 3.05) is 14.2 Å². The molecule has 0 saturated heterocycles. The molecular weight excluding hydrogens is 536 g/mol. The van der Waals surface area contributed by atoms with Gasteiger partial charge in [0.1, 0.15) is 0 Å². The number of aryl methyl sites for hydroxylation is 1. The van der Waals surface area contributed by atoms with Crippen LogP contribution in [0.15, 0.2) is 86.6 Å². The van der Waals surface area contributed by atoms with E-state index >= 15 is 0 Å². The van der Waals surface area contributed by atoms with E-state index in [-0.39, 0.29) is 11.6 Å². The van der Waals surface area contributed by atoms with E-state index in [1.807, 2.05) is 41.0 Å². The van der Waals surface area contributed by atoms with Crippen LogP contribution in [-0.2, 0) is 6.42 Å². The molecule has 0 radical (unpaired) electrons. The molecule has 0 bridgehead atoms. The first-order valence-corrected chi connectivity index (χ1v) is 13.3. The monoisotopic (exact) mass is 558 g/mol. The first-order chi connectivity index (χ1) is 17.6. The molecule has 1 aromatic heterocycles. The first kappa shape index (κ1) is 23.0. The zero-order valence-electron chi connectivity index (χ0n) is 19.8. The number of rotatable bonds is 4. The number of nitrogens with zero attached hydrogens (tertiary/aromatic N) is 2. The zero-order valence-corrected chi connectivity index (χ0v) is 22.2. The Kier molecular flexibility index (Phi) is 5.90. The molecule has 0 unspecified atom stereocenters. The van der Waals surface area contributed by atoms with Gasteiger partial charge in [-0.05, 0) is 65.4 Å². The van der Waals surface area contributed by atoms with Gasteiger partial charge in [0.05, 0.1) is 30.5 Å². The minimum Gasteiger partial charge on any atom is -0.493 e. The Hall–Kier alpha value is -3.42. The van der Waals surface area contributed by atoms with Crippen molar-refractivity contribution in [3.8, 4) is 11.5 Å². The van der Waals surface area contributed by atoms with Gasteiger partial charge in [-0.25, -0.2) is 4.99 Å². The number of methoxy groups -OCH3 is 2. The number of allylic oxidation sites excluding steroid dienone is 1. The van der Waals surface area contributed by atoms with Crippen molar-refractivity contribution in [1.82, 2.24) is 4.57 Å². The van der Waals surface area contributed by atoms with Crippen LogP contribution in [0.3, 0.4) is 0 Å². The van der Waals surface area contributed by atoms with Crippen molar-refractivity contribution in [2.45, 2.75) is 18.9 Å². The van der Waals surface area contributed by atoms with Gasteiger partial charge in [-0.15, -0.1) is 0 Å². The number of thiazole rings is 1. The van der Waals surface area contributed by atoms with E-state index in [2.05, 4.69) is 52.3 Å². The number of hydrogen-bond donors (Lipinski definition) is 0. The lowest BCUT2D eigenvalue weighted by Crippen LogP contribution is -2.38. The third kappa shape index (κ3) is 3.83. The summed E-state index contributed by atoms with van der Waals surface area (Å²) >= 11 is 4.97. The van der Waals surface area contributed by atoms with Gasteiger partial charge >= 0.3 is 0 Å². The molecule has 2 heterocycles. The summed E-state index contributed by atoms with van der Waals surface area (Å²) in [5, 5.41) is 0. The number of aromatic nitrogens is 1. The molecule has 1 aliphatic heterocycles. The molecule has 180 valence electrons. The lowest BCUT2D eigenvalue weighted by atomic mass is 9.83. The summed E-state index contributed by atoms with van der Waals surface area (Å²) in [6.45, 7) is 0. The van der Waals surface area contributed by atoms with Crippen LogP contribution in [0.2, 0.25) is 0 Å². The van der Waals surface area contributed by atoms with Gasteiger partial charge in [-0.1, -0.05) is 69.7 Å². The number of ether oxygens (including phenoxy) is 2. The highest BCUT2D eigenvalue weighted by atomic mass is 79.9. The first-order valence-electron chi connectivity index (χ1n) is 11.7. The van der Waals surface area contributed by atoms with E-state index in [0.29, 0.717) is 16.0 Å². The smallest absolute Gasteiger partial charge is 0.271 e. The van der Waals surface area contributed by atoms with Crippen LogP contribution < -0.4 is 24.4 Å². The van der Waals surface area contributed by atoms with Crippen LogP contribution in [0.25, 0.3) is 11.8 Å². The SMILES string of the molecule is COc1ccc(/C=c2\sc3n(c2=O)[C@@H](c2ccc(Br)cc2)C2=C(N=3)c3ccccc3CC2)cc1OC. The summed E-state index contributed by atoms with van der Waals surface area (Å²) in [6.07, 6.45) is 3.71. The Labute approximate surface area is 220 Å². The summed E-state index contributed by atoms with van der Waals surface area (Å²) < 4.78 is 14.3. The molecule has 0 spiro atoms. The van der Waals surface area contributed by atoms with Crippen molar-refractivity contribution in [3.05, 3.63) is 119 Å². The quantitative estimate of drug-likeness (QED) is 0.350. The van der Waals surface area contributed by atoms with E-state index in [1.54, 1.807) is 14.2 Å². The molecule has 2 aliphatic rings. The molecule has 3 aromatic carbocycles. The predicted molar refractivity (Wildman–Crippen MR) is 146 cm³/mol. The van der Waals surface area contributed by atoms with Crippen molar-refractivity contribution >= 4 is 39.0 Å². The summed E-state index contributed by atoms with van der Waals surface area (Å²) in [4.78, 5) is 19.7. The van der Waals surface area contributed by atoms with Crippen LogP contribution in [0.5, 0.6) is 11.5 Å². The van der Waals surface area contributed by atoms with Gasteiger partial charge in [-0.3, -0.25) is 9.36 Å². The van der Waals surface area contributed by atoms with Gasteiger partial charge in [0.25, 0.3) is 5.56 Å². The Morgan fingerprint density at radius 2 is 1.78 bits per heavy atom. The van der Waals surface area contributed by atoms with Gasteiger partial charge < -0.3 is 9.47 Å². The molecule has 0 N–H and O–H groups in total. The predicted octanol–water partition coefficient (Wildman–Crippen LogP) is 5.10. The number of fused-ring (bicyclic) bond motifs is 3. The molecule has 0 amide bonds. The minimum absolute atomic E-state index is 0.0353. The molecular formula is C29H23BrN2O3S. The Morgan fingerprint density at radius 3 is 2.56 bits per heavy atom. The average Bonchev–Trinajstić information content (AvgIpc) is 3.22. The Balaban J connectivity index is 1.58. The average molecular weight is 559 g/mol. The van der Waals surface area contributed by atoms with Crippen LogP contribution in [-0.4, -0.2) is 18.8 Å². The molecule has 7 heteroatoms. The van der Waals surface area contributed by atoms with Gasteiger partial charge in [0.15, 0.2) is 16.3 Å². The normalized spacial score (nSPS) is 16.6. The molecule has 4 aromatic rings. The highest BCUT2D eigenvalue weighted by Crippen LogP contribution is 2.41. The van der Waals surface area contributed by atoms with E-state index in [0.717, 1.165) is 38.9 Å². The fourth-order valence-corrected chi connectivity index (χ4v) is 6.33. The number of hydrogen-bond acceptors (Lipinski definition) is 5. The molecule has 1 atom stereocenters. The topological polar surface area (TPSA) is 52.8 Å². The van der Waals surface area contributed by atoms with Gasteiger partial charge in [0, 0.05) is 10.0 Å². The fraction of sp³-hybridized carbons (Fsp3) is 0.172. The largest absolute Gasteiger partial charge is 0.493 e. The fourth-order valence-electron chi connectivity index (χ4n) is 5.06.